The van der Waals surface area contributed by atoms with Crippen molar-refractivity contribution >= 4 is 33.2 Å². The van der Waals surface area contributed by atoms with Crippen molar-refractivity contribution < 1.29 is 8.42 Å². The minimum absolute atomic E-state index is 0.208. The predicted octanol–water partition coefficient (Wildman–Crippen LogP) is 3.11. The van der Waals surface area contributed by atoms with Crippen LogP contribution in [0.1, 0.15) is 19.4 Å². The third kappa shape index (κ3) is 3.13. The topological polar surface area (TPSA) is 37.4 Å². The predicted molar refractivity (Wildman–Crippen MR) is 71.1 cm³/mol. The number of hydrogen-bond acceptors (Lipinski definition) is 2. The molecule has 0 saturated heterocycles. The lowest BCUT2D eigenvalue weighted by Gasteiger charge is -2.18. The fourth-order valence-corrected chi connectivity index (χ4v) is 3.61. The van der Waals surface area contributed by atoms with Gasteiger partial charge in [-0.3, -0.25) is 0 Å². The zero-order chi connectivity index (χ0) is 13.1. The smallest absolute Gasteiger partial charge is 0.207 e. The van der Waals surface area contributed by atoms with E-state index in [1.54, 1.807) is 19.9 Å². The molecule has 0 aromatic heterocycles. The van der Waals surface area contributed by atoms with Crippen molar-refractivity contribution in [2.45, 2.75) is 24.6 Å². The molecule has 96 valence electrons. The normalized spacial score (nSPS) is 12.1. The van der Waals surface area contributed by atoms with Gasteiger partial charge in [0.05, 0.1) is 4.90 Å². The molecule has 0 fully saturated rings. The number of halogens is 2. The quantitative estimate of drug-likeness (QED) is 0.783. The van der Waals surface area contributed by atoms with Gasteiger partial charge in [0.2, 0.25) is 10.0 Å². The van der Waals surface area contributed by atoms with Crippen LogP contribution in [0.3, 0.4) is 0 Å². The second-order valence-electron chi connectivity index (χ2n) is 3.48. The molecule has 0 heterocycles. The maximum Gasteiger partial charge on any atom is 0.243 e. The highest BCUT2D eigenvalue weighted by Gasteiger charge is 2.22. The van der Waals surface area contributed by atoms with Crippen molar-refractivity contribution in [1.82, 2.24) is 4.31 Å². The van der Waals surface area contributed by atoms with E-state index in [-0.39, 0.29) is 10.8 Å². The van der Waals surface area contributed by atoms with E-state index >= 15 is 0 Å². The van der Waals surface area contributed by atoms with Gasteiger partial charge in [-0.25, -0.2) is 8.42 Å². The van der Waals surface area contributed by atoms with Crippen LogP contribution in [-0.4, -0.2) is 25.8 Å². The van der Waals surface area contributed by atoms with Crippen molar-refractivity contribution in [2.75, 3.05) is 13.1 Å². The van der Waals surface area contributed by atoms with Crippen molar-refractivity contribution in [2.24, 2.45) is 0 Å². The minimum Gasteiger partial charge on any atom is -0.207 e. The molecule has 1 aromatic rings. The lowest BCUT2D eigenvalue weighted by atomic mass is 10.2. The highest BCUT2D eigenvalue weighted by molar-refractivity contribution is 7.89. The maximum absolute atomic E-state index is 12.2. The van der Waals surface area contributed by atoms with Crippen molar-refractivity contribution in [3.05, 3.63) is 28.8 Å². The third-order valence-electron chi connectivity index (χ3n) is 2.51. The van der Waals surface area contributed by atoms with Gasteiger partial charge in [-0.2, -0.15) is 4.31 Å². The number of alkyl halides is 1. The lowest BCUT2D eigenvalue weighted by molar-refractivity contribution is 0.445. The van der Waals surface area contributed by atoms with Gasteiger partial charge in [0.25, 0.3) is 0 Å². The first-order valence-electron chi connectivity index (χ1n) is 5.31. The summed E-state index contributed by atoms with van der Waals surface area (Å²) in [5.74, 6) is 0.268. The van der Waals surface area contributed by atoms with E-state index in [2.05, 4.69) is 0 Å². The van der Waals surface area contributed by atoms with Crippen molar-refractivity contribution in [1.29, 1.82) is 0 Å². The van der Waals surface area contributed by atoms with Gasteiger partial charge in [-0.05, 0) is 17.7 Å². The zero-order valence-electron chi connectivity index (χ0n) is 9.78. The van der Waals surface area contributed by atoms with Gasteiger partial charge >= 0.3 is 0 Å². The molecule has 0 aliphatic rings. The standard InChI is InChI=1S/C11H15Cl2NO2S/c1-3-14(4-2)17(15,16)10-6-5-9(8-12)11(13)7-10/h5-7H,3-4,8H2,1-2H3. The first-order chi connectivity index (χ1) is 7.97. The molecule has 0 spiro atoms. The Morgan fingerprint density at radius 3 is 2.24 bits per heavy atom. The molecule has 6 heteroatoms. The summed E-state index contributed by atoms with van der Waals surface area (Å²) in [5, 5.41) is 0.383. The molecule has 17 heavy (non-hydrogen) atoms. The van der Waals surface area contributed by atoms with Gasteiger partial charge in [0.1, 0.15) is 0 Å². The van der Waals surface area contributed by atoms with Crippen LogP contribution in [0, 0.1) is 0 Å². The first-order valence-corrected chi connectivity index (χ1v) is 7.67. The molecule has 3 nitrogen and oxygen atoms in total. The molecule has 0 radical (unpaired) electrons. The van der Waals surface area contributed by atoms with E-state index in [4.69, 9.17) is 23.2 Å². The van der Waals surface area contributed by atoms with Gasteiger partial charge in [0, 0.05) is 24.0 Å². The van der Waals surface area contributed by atoms with E-state index in [1.807, 2.05) is 0 Å². The molecule has 0 unspecified atom stereocenters. The Hall–Kier alpha value is -0.290. The van der Waals surface area contributed by atoms with Crippen LogP contribution in [0.15, 0.2) is 23.1 Å². The van der Waals surface area contributed by atoms with Gasteiger partial charge in [-0.15, -0.1) is 11.6 Å². The van der Waals surface area contributed by atoms with E-state index in [0.717, 1.165) is 5.56 Å². The Balaban J connectivity index is 3.20. The molecule has 0 amide bonds. The Morgan fingerprint density at radius 1 is 1.24 bits per heavy atom. The highest BCUT2D eigenvalue weighted by Crippen LogP contribution is 2.24. The summed E-state index contributed by atoms with van der Waals surface area (Å²) < 4.78 is 25.7. The molecule has 0 N–H and O–H groups in total. The molecule has 1 aromatic carbocycles. The number of hydrogen-bond donors (Lipinski definition) is 0. The van der Waals surface area contributed by atoms with Gasteiger partial charge < -0.3 is 0 Å². The zero-order valence-corrected chi connectivity index (χ0v) is 12.1. The molecule has 0 aliphatic carbocycles. The lowest BCUT2D eigenvalue weighted by Crippen LogP contribution is -2.30. The molecular formula is C11H15Cl2NO2S. The van der Waals surface area contributed by atoms with Crippen molar-refractivity contribution in [3.63, 3.8) is 0 Å². The van der Waals surface area contributed by atoms with E-state index in [1.165, 1.54) is 16.4 Å². The van der Waals surface area contributed by atoms with E-state index < -0.39 is 10.0 Å². The van der Waals surface area contributed by atoms with Gasteiger partial charge in [-0.1, -0.05) is 31.5 Å². The largest absolute Gasteiger partial charge is 0.243 e. The van der Waals surface area contributed by atoms with Crippen LogP contribution in [0.25, 0.3) is 0 Å². The van der Waals surface area contributed by atoms with Crippen LogP contribution in [0.2, 0.25) is 5.02 Å². The number of nitrogens with zero attached hydrogens (tertiary/aromatic N) is 1. The average molecular weight is 296 g/mol. The summed E-state index contributed by atoms with van der Waals surface area (Å²) in [6, 6.07) is 4.63. The van der Waals surface area contributed by atoms with Crippen LogP contribution >= 0.6 is 23.2 Å². The molecule has 1 rings (SSSR count). The summed E-state index contributed by atoms with van der Waals surface area (Å²) in [6.07, 6.45) is 0. The number of benzene rings is 1. The minimum atomic E-state index is -3.44. The first kappa shape index (κ1) is 14.8. The van der Waals surface area contributed by atoms with Crippen LogP contribution in [0.4, 0.5) is 0 Å². The monoisotopic (exact) mass is 295 g/mol. The Kier molecular flexibility index (Phi) is 5.25. The SMILES string of the molecule is CCN(CC)S(=O)(=O)c1ccc(CCl)c(Cl)c1. The van der Waals surface area contributed by atoms with Crippen LogP contribution < -0.4 is 0 Å². The fraction of sp³-hybridized carbons (Fsp3) is 0.455. The average Bonchev–Trinajstić information content (AvgIpc) is 2.30. The van der Waals surface area contributed by atoms with Gasteiger partial charge in [0.15, 0.2) is 0 Å². The van der Waals surface area contributed by atoms with E-state index in [0.29, 0.717) is 18.1 Å². The second-order valence-corrected chi connectivity index (χ2v) is 6.09. The Labute approximate surface area is 112 Å². The summed E-state index contributed by atoms with van der Waals surface area (Å²) in [5.41, 5.74) is 0.729. The molecular weight excluding hydrogens is 281 g/mol. The van der Waals surface area contributed by atoms with Crippen LogP contribution in [0.5, 0.6) is 0 Å². The summed E-state index contributed by atoms with van der Waals surface area (Å²) in [7, 11) is -3.44. The summed E-state index contributed by atoms with van der Waals surface area (Å²) in [6.45, 7) is 4.48. The van der Waals surface area contributed by atoms with Crippen LogP contribution in [-0.2, 0) is 15.9 Å². The molecule has 0 saturated carbocycles. The summed E-state index contributed by atoms with van der Waals surface area (Å²) >= 11 is 11.6. The second kappa shape index (κ2) is 6.05. The Morgan fingerprint density at radius 2 is 1.82 bits per heavy atom. The molecule has 0 bridgehead atoms. The fourth-order valence-electron chi connectivity index (χ4n) is 1.51. The molecule has 0 atom stereocenters. The Bertz CT molecular complexity index is 484. The number of sulfonamides is 1. The summed E-state index contributed by atoms with van der Waals surface area (Å²) in [4.78, 5) is 0.208. The number of rotatable bonds is 5. The molecule has 0 aliphatic heterocycles. The maximum atomic E-state index is 12.2. The highest BCUT2D eigenvalue weighted by atomic mass is 35.5. The third-order valence-corrected chi connectivity index (χ3v) is 5.20. The van der Waals surface area contributed by atoms with E-state index in [9.17, 15) is 8.42 Å². The van der Waals surface area contributed by atoms with Crippen molar-refractivity contribution in [3.8, 4) is 0 Å².